The van der Waals surface area contributed by atoms with Crippen LogP contribution in [0.15, 0.2) is 48.5 Å². The zero-order valence-corrected chi connectivity index (χ0v) is 15.6. The lowest BCUT2D eigenvalue weighted by atomic mass is 10.1. The van der Waals surface area contributed by atoms with Crippen molar-refractivity contribution in [3.63, 3.8) is 0 Å². The molecule has 0 aliphatic rings. The highest BCUT2D eigenvalue weighted by Crippen LogP contribution is 2.04. The smallest absolute Gasteiger partial charge is 0.104 e. The Labute approximate surface area is 165 Å². The maximum absolute atomic E-state index is 8.73. The van der Waals surface area contributed by atoms with Crippen LogP contribution >= 0.6 is 11.8 Å². The fourth-order valence-electron chi connectivity index (χ4n) is 2.06. The van der Waals surface area contributed by atoms with Gasteiger partial charge in [-0.05, 0) is 36.4 Å². The SMILES string of the molecule is OCC#Cc1cccc(C#CCSCC#Cc2cccc(C#CCO)c2)c1. The maximum Gasteiger partial charge on any atom is 0.104 e. The molecule has 2 aromatic carbocycles. The number of hydrogen-bond donors (Lipinski definition) is 2. The quantitative estimate of drug-likeness (QED) is 0.630. The van der Waals surface area contributed by atoms with Crippen molar-refractivity contribution >= 4 is 11.8 Å². The van der Waals surface area contributed by atoms with Gasteiger partial charge in [0.25, 0.3) is 0 Å². The van der Waals surface area contributed by atoms with Crippen LogP contribution in [-0.2, 0) is 0 Å². The molecule has 0 saturated carbocycles. The van der Waals surface area contributed by atoms with E-state index in [-0.39, 0.29) is 13.2 Å². The van der Waals surface area contributed by atoms with Crippen molar-refractivity contribution < 1.29 is 10.2 Å². The highest BCUT2D eigenvalue weighted by molar-refractivity contribution is 7.99. The second-order valence-corrected chi connectivity index (χ2v) is 6.16. The number of aliphatic hydroxyl groups is 2. The van der Waals surface area contributed by atoms with Crippen molar-refractivity contribution in [2.75, 3.05) is 24.7 Å². The van der Waals surface area contributed by atoms with Crippen molar-refractivity contribution in [3.05, 3.63) is 70.8 Å². The molecule has 0 saturated heterocycles. The fourth-order valence-corrected chi connectivity index (χ4v) is 2.51. The van der Waals surface area contributed by atoms with Crippen LogP contribution in [0.5, 0.6) is 0 Å². The zero-order chi connectivity index (χ0) is 19.2. The minimum atomic E-state index is -0.145. The molecule has 2 nitrogen and oxygen atoms in total. The van der Waals surface area contributed by atoms with Crippen LogP contribution in [0.2, 0.25) is 0 Å². The summed E-state index contributed by atoms with van der Waals surface area (Å²) in [4.78, 5) is 0. The minimum Gasteiger partial charge on any atom is -0.384 e. The molecule has 0 aliphatic carbocycles. The third-order valence-corrected chi connectivity index (χ3v) is 3.86. The molecule has 0 amide bonds. The van der Waals surface area contributed by atoms with Crippen LogP contribution in [0.25, 0.3) is 0 Å². The summed E-state index contributed by atoms with van der Waals surface area (Å²) in [5.41, 5.74) is 3.51. The molecular formula is C24H18O2S. The van der Waals surface area contributed by atoms with Gasteiger partial charge in [-0.3, -0.25) is 0 Å². The van der Waals surface area contributed by atoms with Gasteiger partial charge in [-0.2, -0.15) is 0 Å². The summed E-state index contributed by atoms with van der Waals surface area (Å²) in [6, 6.07) is 15.3. The summed E-state index contributed by atoms with van der Waals surface area (Å²) in [5.74, 6) is 24.9. The first-order valence-electron chi connectivity index (χ1n) is 8.27. The Morgan fingerprint density at radius 1 is 0.593 bits per heavy atom. The van der Waals surface area contributed by atoms with E-state index in [1.54, 1.807) is 11.8 Å². The van der Waals surface area contributed by atoms with E-state index in [0.717, 1.165) is 22.3 Å². The standard InChI is InChI=1S/C24H18O2S/c25-15-3-11-21-7-1-9-23(19-21)13-5-17-27-18-6-14-24-10-2-8-22(20-24)12-4-16-26/h1-2,7-10,19-20,25-26H,15-18H2. The van der Waals surface area contributed by atoms with Crippen LogP contribution in [-0.4, -0.2) is 34.9 Å². The predicted molar refractivity (Wildman–Crippen MR) is 112 cm³/mol. The summed E-state index contributed by atoms with van der Waals surface area (Å²) in [5, 5.41) is 17.5. The van der Waals surface area contributed by atoms with Gasteiger partial charge < -0.3 is 10.2 Å². The molecule has 27 heavy (non-hydrogen) atoms. The van der Waals surface area contributed by atoms with E-state index in [1.165, 1.54) is 0 Å². The van der Waals surface area contributed by atoms with Crippen LogP contribution < -0.4 is 0 Å². The molecule has 0 atom stereocenters. The first-order chi connectivity index (χ1) is 13.3. The molecular weight excluding hydrogens is 352 g/mol. The number of rotatable bonds is 2. The molecule has 3 heteroatoms. The largest absolute Gasteiger partial charge is 0.384 e. The lowest BCUT2D eigenvalue weighted by Crippen LogP contribution is -1.82. The van der Waals surface area contributed by atoms with E-state index >= 15 is 0 Å². The van der Waals surface area contributed by atoms with Crippen LogP contribution in [0.3, 0.4) is 0 Å². The van der Waals surface area contributed by atoms with E-state index in [0.29, 0.717) is 11.5 Å². The lowest BCUT2D eigenvalue weighted by Gasteiger charge is -1.93. The van der Waals surface area contributed by atoms with Gasteiger partial charge in [-0.25, -0.2) is 0 Å². The molecule has 0 radical (unpaired) electrons. The predicted octanol–water partition coefficient (Wildman–Crippen LogP) is 2.51. The molecule has 0 aliphatic heterocycles. The number of aliphatic hydroxyl groups excluding tert-OH is 2. The Hall–Kier alpha value is -3.05. The van der Waals surface area contributed by atoms with Crippen molar-refractivity contribution in [1.82, 2.24) is 0 Å². The van der Waals surface area contributed by atoms with E-state index in [1.807, 2.05) is 48.5 Å². The van der Waals surface area contributed by atoms with Gasteiger partial charge in [0.05, 0.1) is 11.5 Å². The molecule has 2 aromatic rings. The van der Waals surface area contributed by atoms with E-state index in [4.69, 9.17) is 10.2 Å². The Kier molecular flexibility index (Phi) is 9.25. The fraction of sp³-hybridized carbons (Fsp3) is 0.167. The number of thioether (sulfide) groups is 1. The monoisotopic (exact) mass is 370 g/mol. The van der Waals surface area contributed by atoms with Gasteiger partial charge in [0.15, 0.2) is 0 Å². The van der Waals surface area contributed by atoms with E-state index < -0.39 is 0 Å². The van der Waals surface area contributed by atoms with E-state index in [9.17, 15) is 0 Å². The summed E-state index contributed by atoms with van der Waals surface area (Å²) < 4.78 is 0. The summed E-state index contributed by atoms with van der Waals surface area (Å²) in [6.45, 7) is -0.290. The highest BCUT2D eigenvalue weighted by atomic mass is 32.2. The summed E-state index contributed by atoms with van der Waals surface area (Å²) >= 11 is 1.66. The highest BCUT2D eigenvalue weighted by Gasteiger charge is 1.90. The van der Waals surface area contributed by atoms with Gasteiger partial charge >= 0.3 is 0 Å². The van der Waals surface area contributed by atoms with Crippen LogP contribution in [0.4, 0.5) is 0 Å². The lowest BCUT2D eigenvalue weighted by molar-refractivity contribution is 0.350. The molecule has 0 unspecified atom stereocenters. The van der Waals surface area contributed by atoms with Crippen molar-refractivity contribution in [2.24, 2.45) is 0 Å². The van der Waals surface area contributed by atoms with Gasteiger partial charge in [0.2, 0.25) is 0 Å². The van der Waals surface area contributed by atoms with Gasteiger partial charge in [-0.1, -0.05) is 59.5 Å². The summed E-state index contributed by atoms with van der Waals surface area (Å²) in [6.07, 6.45) is 0. The van der Waals surface area contributed by atoms with Crippen molar-refractivity contribution in [1.29, 1.82) is 0 Å². The molecule has 0 fully saturated rings. The maximum atomic E-state index is 8.73. The molecule has 2 N–H and O–H groups in total. The average molecular weight is 370 g/mol. The van der Waals surface area contributed by atoms with E-state index in [2.05, 4.69) is 47.4 Å². The Bertz CT molecular complexity index is 925. The third kappa shape index (κ3) is 8.25. The minimum absolute atomic E-state index is 0.145. The Balaban J connectivity index is 1.82. The normalized spacial score (nSPS) is 8.67. The van der Waals surface area contributed by atoms with Crippen LogP contribution in [0.1, 0.15) is 22.3 Å². The third-order valence-electron chi connectivity index (χ3n) is 3.16. The van der Waals surface area contributed by atoms with Gasteiger partial charge in [0, 0.05) is 22.3 Å². The Morgan fingerprint density at radius 3 is 1.33 bits per heavy atom. The van der Waals surface area contributed by atoms with Crippen molar-refractivity contribution in [2.45, 2.75) is 0 Å². The second kappa shape index (κ2) is 12.3. The molecule has 0 heterocycles. The first-order valence-corrected chi connectivity index (χ1v) is 9.42. The average Bonchev–Trinajstić information content (AvgIpc) is 2.70. The number of hydrogen-bond acceptors (Lipinski definition) is 3. The molecule has 2 rings (SSSR count). The topological polar surface area (TPSA) is 40.5 Å². The molecule has 0 aromatic heterocycles. The molecule has 132 valence electrons. The zero-order valence-electron chi connectivity index (χ0n) is 14.7. The van der Waals surface area contributed by atoms with Crippen LogP contribution in [0, 0.1) is 47.4 Å². The van der Waals surface area contributed by atoms with Gasteiger partial charge in [-0.15, -0.1) is 11.8 Å². The van der Waals surface area contributed by atoms with Gasteiger partial charge in [0.1, 0.15) is 13.2 Å². The number of benzene rings is 2. The molecule has 0 spiro atoms. The summed E-state index contributed by atoms with van der Waals surface area (Å²) in [7, 11) is 0. The second-order valence-electron chi connectivity index (χ2n) is 5.18. The van der Waals surface area contributed by atoms with Crippen molar-refractivity contribution in [3.8, 4) is 47.4 Å². The first kappa shape index (κ1) is 20.3. The Morgan fingerprint density at radius 2 is 0.963 bits per heavy atom. The molecule has 0 bridgehead atoms.